The van der Waals surface area contributed by atoms with Crippen molar-refractivity contribution in [1.29, 1.82) is 0 Å². The molecule has 2 aromatic rings. The van der Waals surface area contributed by atoms with Crippen LogP contribution < -0.4 is 15.4 Å². The molecule has 5 nitrogen and oxygen atoms in total. The fourth-order valence-electron chi connectivity index (χ4n) is 3.49. The highest BCUT2D eigenvalue weighted by Crippen LogP contribution is 2.40. The molecule has 0 saturated carbocycles. The minimum absolute atomic E-state index is 0. The molecule has 2 aliphatic rings. The summed E-state index contributed by atoms with van der Waals surface area (Å²) in [5.41, 5.74) is 4.05. The topological polar surface area (TPSA) is 59.6 Å². The van der Waals surface area contributed by atoms with Crippen molar-refractivity contribution in [2.45, 2.75) is 12.5 Å². The molecule has 1 aliphatic heterocycles. The van der Waals surface area contributed by atoms with E-state index >= 15 is 0 Å². The number of Topliss-reactive ketones (excluding diaryl/α,β-unsaturated/α-hetero) is 1. The molecule has 7 heteroatoms. The highest BCUT2D eigenvalue weighted by atomic mass is 32.1. The standard InChI is InChI=1S/C21H20N2O3S.H2S/c1-25-10-5-11-26-14-7-4-6-13(12-14)18-17-19(23-21(27)22-18)15-8-2-3-9-16(15)20(17)24;/h2-4,6-9,12,18H,5,10-11H2,1H3,(H2,22,23,27);1H2/t18-;/m0./s1. The molecule has 28 heavy (non-hydrogen) atoms. The fraction of sp³-hybridized carbons (Fsp3) is 0.238. The summed E-state index contributed by atoms with van der Waals surface area (Å²) in [4.78, 5) is 13.0. The van der Waals surface area contributed by atoms with E-state index in [-0.39, 0.29) is 25.3 Å². The quantitative estimate of drug-likeness (QED) is 0.559. The Labute approximate surface area is 176 Å². The van der Waals surface area contributed by atoms with E-state index in [4.69, 9.17) is 21.7 Å². The molecular formula is C21H22N2O3S2. The number of hydrogen-bond donors (Lipinski definition) is 2. The SMILES string of the molecule is COCCCOc1cccc([C@@H]2NC(=S)NC3=C2C(=O)c2ccccc23)c1.S. The van der Waals surface area contributed by atoms with Crippen molar-refractivity contribution >= 4 is 42.3 Å². The van der Waals surface area contributed by atoms with Gasteiger partial charge in [-0.15, -0.1) is 0 Å². The van der Waals surface area contributed by atoms with Crippen LogP contribution in [0.3, 0.4) is 0 Å². The van der Waals surface area contributed by atoms with Crippen LogP contribution in [0, 0.1) is 0 Å². The maximum absolute atomic E-state index is 13.0. The maximum Gasteiger partial charge on any atom is 0.194 e. The van der Waals surface area contributed by atoms with Gasteiger partial charge in [0.05, 0.1) is 23.9 Å². The Kier molecular flexibility index (Phi) is 6.39. The molecule has 0 saturated heterocycles. The van der Waals surface area contributed by atoms with Gasteiger partial charge in [0.2, 0.25) is 0 Å². The van der Waals surface area contributed by atoms with Crippen molar-refractivity contribution < 1.29 is 14.3 Å². The van der Waals surface area contributed by atoms with Gasteiger partial charge in [0.15, 0.2) is 10.9 Å². The second-order valence-electron chi connectivity index (χ2n) is 6.46. The van der Waals surface area contributed by atoms with Crippen LogP contribution in [0.15, 0.2) is 54.1 Å². The first-order chi connectivity index (χ1) is 13.2. The van der Waals surface area contributed by atoms with E-state index in [2.05, 4.69) is 10.6 Å². The summed E-state index contributed by atoms with van der Waals surface area (Å²) in [6, 6.07) is 15.1. The summed E-state index contributed by atoms with van der Waals surface area (Å²) >= 11 is 5.39. The highest BCUT2D eigenvalue weighted by Gasteiger charge is 2.38. The van der Waals surface area contributed by atoms with E-state index in [1.807, 2.05) is 48.5 Å². The Morgan fingerprint density at radius 3 is 2.64 bits per heavy atom. The molecule has 0 unspecified atom stereocenters. The average Bonchev–Trinajstić information content (AvgIpc) is 2.97. The van der Waals surface area contributed by atoms with Gasteiger partial charge in [-0.1, -0.05) is 36.4 Å². The minimum atomic E-state index is -0.309. The number of carbonyl (C=O) groups is 1. The number of fused-ring (bicyclic) bond motifs is 2. The monoisotopic (exact) mass is 414 g/mol. The Balaban J connectivity index is 0.00000225. The van der Waals surface area contributed by atoms with Crippen molar-refractivity contribution in [3.8, 4) is 5.75 Å². The maximum atomic E-state index is 13.0. The molecule has 1 atom stereocenters. The van der Waals surface area contributed by atoms with Gasteiger partial charge in [0.1, 0.15) is 5.75 Å². The molecule has 0 spiro atoms. The van der Waals surface area contributed by atoms with E-state index in [0.29, 0.717) is 29.5 Å². The van der Waals surface area contributed by atoms with Gasteiger partial charge in [-0.2, -0.15) is 13.5 Å². The summed E-state index contributed by atoms with van der Waals surface area (Å²) < 4.78 is 10.9. The summed E-state index contributed by atoms with van der Waals surface area (Å²) in [6.07, 6.45) is 0.819. The second-order valence-corrected chi connectivity index (χ2v) is 6.87. The molecule has 146 valence electrons. The molecule has 4 rings (SSSR count). The fourth-order valence-corrected chi connectivity index (χ4v) is 3.71. The molecule has 0 aromatic heterocycles. The van der Waals surface area contributed by atoms with Crippen LogP contribution >= 0.6 is 25.7 Å². The van der Waals surface area contributed by atoms with Gasteiger partial charge in [-0.05, 0) is 29.9 Å². The van der Waals surface area contributed by atoms with Crippen LogP contribution in [-0.2, 0) is 4.74 Å². The van der Waals surface area contributed by atoms with Crippen LogP contribution in [0.25, 0.3) is 5.70 Å². The first-order valence-corrected chi connectivity index (χ1v) is 9.27. The zero-order valence-corrected chi connectivity index (χ0v) is 17.3. The van der Waals surface area contributed by atoms with Crippen molar-refractivity contribution in [1.82, 2.24) is 10.6 Å². The number of benzene rings is 2. The third kappa shape index (κ3) is 3.78. The number of thiocarbonyl (C=S) groups is 1. The van der Waals surface area contributed by atoms with Crippen LogP contribution in [0.1, 0.15) is 33.9 Å². The van der Waals surface area contributed by atoms with Gasteiger partial charge in [0.25, 0.3) is 0 Å². The predicted molar refractivity (Wildman–Crippen MR) is 118 cm³/mol. The molecular weight excluding hydrogens is 392 g/mol. The molecule has 0 bridgehead atoms. The summed E-state index contributed by atoms with van der Waals surface area (Å²) in [6.45, 7) is 1.24. The molecule has 2 aromatic carbocycles. The van der Waals surface area contributed by atoms with Crippen molar-refractivity contribution in [3.05, 3.63) is 70.8 Å². The van der Waals surface area contributed by atoms with E-state index in [1.165, 1.54) is 0 Å². The van der Waals surface area contributed by atoms with Crippen LogP contribution in [0.2, 0.25) is 0 Å². The zero-order valence-electron chi connectivity index (χ0n) is 15.5. The van der Waals surface area contributed by atoms with Gasteiger partial charge < -0.3 is 20.1 Å². The van der Waals surface area contributed by atoms with Crippen molar-refractivity contribution in [3.63, 3.8) is 0 Å². The number of methoxy groups -OCH3 is 1. The molecule has 0 radical (unpaired) electrons. The van der Waals surface area contributed by atoms with Gasteiger partial charge >= 0.3 is 0 Å². The van der Waals surface area contributed by atoms with Crippen molar-refractivity contribution in [2.24, 2.45) is 0 Å². The number of ketones is 1. The molecule has 2 N–H and O–H groups in total. The van der Waals surface area contributed by atoms with Gasteiger partial charge in [0, 0.05) is 31.3 Å². The minimum Gasteiger partial charge on any atom is -0.493 e. The molecule has 1 aliphatic carbocycles. The van der Waals surface area contributed by atoms with Gasteiger partial charge in [-0.3, -0.25) is 4.79 Å². The lowest BCUT2D eigenvalue weighted by atomic mass is 9.94. The predicted octanol–water partition coefficient (Wildman–Crippen LogP) is 3.34. The van der Waals surface area contributed by atoms with Crippen LogP contribution in [0.5, 0.6) is 5.75 Å². The largest absolute Gasteiger partial charge is 0.493 e. The number of hydrogen-bond acceptors (Lipinski definition) is 4. The number of ether oxygens (including phenoxy) is 2. The Morgan fingerprint density at radius 1 is 1.07 bits per heavy atom. The highest BCUT2D eigenvalue weighted by molar-refractivity contribution is 7.80. The van der Waals surface area contributed by atoms with E-state index in [1.54, 1.807) is 7.11 Å². The Bertz CT molecular complexity index is 943. The number of nitrogens with one attached hydrogen (secondary N) is 2. The number of carbonyl (C=O) groups excluding carboxylic acids is 1. The molecule has 0 fully saturated rings. The van der Waals surface area contributed by atoms with E-state index in [0.717, 1.165) is 29.0 Å². The second kappa shape index (κ2) is 8.77. The summed E-state index contributed by atoms with van der Waals surface area (Å²) in [5, 5.41) is 6.91. The molecule has 1 heterocycles. The average molecular weight is 415 g/mol. The molecule has 0 amide bonds. The van der Waals surface area contributed by atoms with Crippen molar-refractivity contribution in [2.75, 3.05) is 20.3 Å². The lowest BCUT2D eigenvalue weighted by Gasteiger charge is -2.28. The van der Waals surface area contributed by atoms with Gasteiger partial charge in [-0.25, -0.2) is 0 Å². The lowest BCUT2D eigenvalue weighted by molar-refractivity contribution is 0.103. The van der Waals surface area contributed by atoms with E-state index in [9.17, 15) is 4.79 Å². The lowest BCUT2D eigenvalue weighted by Crippen LogP contribution is -2.43. The van der Waals surface area contributed by atoms with Crippen LogP contribution in [-0.4, -0.2) is 31.2 Å². The Morgan fingerprint density at radius 2 is 1.86 bits per heavy atom. The third-order valence-electron chi connectivity index (χ3n) is 4.71. The normalized spacial score (nSPS) is 17.2. The number of rotatable bonds is 6. The first-order valence-electron chi connectivity index (χ1n) is 8.86. The smallest absolute Gasteiger partial charge is 0.194 e. The third-order valence-corrected chi connectivity index (χ3v) is 4.93. The van der Waals surface area contributed by atoms with E-state index < -0.39 is 0 Å². The summed E-state index contributed by atoms with van der Waals surface area (Å²) in [7, 11) is 1.67. The zero-order chi connectivity index (χ0) is 18.8. The first kappa shape index (κ1) is 20.4. The van der Waals surface area contributed by atoms with Crippen LogP contribution in [0.4, 0.5) is 0 Å². The summed E-state index contributed by atoms with van der Waals surface area (Å²) in [5.74, 6) is 0.791. The Hall–Kier alpha value is -2.35.